The van der Waals surface area contributed by atoms with Crippen LogP contribution < -0.4 is 10.1 Å². The third-order valence-corrected chi connectivity index (χ3v) is 3.85. The van der Waals surface area contributed by atoms with E-state index in [2.05, 4.69) is 20.1 Å². The Hall–Kier alpha value is -3.36. The predicted molar refractivity (Wildman–Crippen MR) is 90.5 cm³/mol. The maximum absolute atomic E-state index is 14.2. The lowest BCUT2D eigenvalue weighted by atomic mass is 10.1. The molecule has 1 N–H and O–H groups in total. The first-order valence-corrected chi connectivity index (χ1v) is 7.83. The van der Waals surface area contributed by atoms with E-state index in [1.165, 1.54) is 6.20 Å². The summed E-state index contributed by atoms with van der Waals surface area (Å²) in [7, 11) is 2.77. The second kappa shape index (κ2) is 7.48. The molecular formula is C18H15F3N4O2. The van der Waals surface area contributed by atoms with E-state index in [4.69, 9.17) is 0 Å². The van der Waals surface area contributed by atoms with Crippen molar-refractivity contribution in [3.63, 3.8) is 0 Å². The molecule has 0 atom stereocenters. The van der Waals surface area contributed by atoms with E-state index in [-0.39, 0.29) is 6.54 Å². The summed E-state index contributed by atoms with van der Waals surface area (Å²) in [4.78, 5) is 16.3. The number of ether oxygens (including phenoxy) is 1. The van der Waals surface area contributed by atoms with E-state index in [0.717, 1.165) is 18.2 Å². The van der Waals surface area contributed by atoms with Crippen LogP contribution in [0.3, 0.4) is 0 Å². The van der Waals surface area contributed by atoms with Crippen LogP contribution in [0.5, 0.6) is 5.75 Å². The Bertz CT molecular complexity index is 1000. The zero-order valence-corrected chi connectivity index (χ0v) is 14.5. The Kier molecular flexibility index (Phi) is 5.11. The minimum atomic E-state index is -1.49. The van der Waals surface area contributed by atoms with Crippen molar-refractivity contribution in [3.05, 3.63) is 65.5 Å². The minimum absolute atomic E-state index is 0.0146. The number of carbonyl (C=O) groups excluding carboxylic acids is 1. The highest BCUT2D eigenvalue weighted by Gasteiger charge is 2.23. The molecule has 0 aliphatic carbocycles. The van der Waals surface area contributed by atoms with Crippen molar-refractivity contribution < 1.29 is 22.7 Å². The number of aryl methyl sites for hydroxylation is 1. The van der Waals surface area contributed by atoms with Crippen LogP contribution in [0.25, 0.3) is 11.1 Å². The van der Waals surface area contributed by atoms with Crippen LogP contribution in [0.2, 0.25) is 0 Å². The number of halogens is 3. The maximum atomic E-state index is 14.2. The molecule has 0 unspecified atom stereocenters. The summed E-state index contributed by atoms with van der Waals surface area (Å²) in [5, 5.41) is 6.53. The quantitative estimate of drug-likeness (QED) is 0.696. The monoisotopic (exact) mass is 376 g/mol. The Labute approximate surface area is 152 Å². The van der Waals surface area contributed by atoms with Gasteiger partial charge in [0, 0.05) is 43.3 Å². The molecule has 140 valence electrons. The predicted octanol–water partition coefficient (Wildman–Crippen LogP) is 2.84. The fraction of sp³-hybridized carbons (Fsp3) is 0.167. The van der Waals surface area contributed by atoms with Crippen LogP contribution in [0.15, 0.2) is 36.9 Å². The Balaban J connectivity index is 1.78. The summed E-state index contributed by atoms with van der Waals surface area (Å²) < 4.78 is 47.3. The van der Waals surface area contributed by atoms with Crippen molar-refractivity contribution in [2.24, 2.45) is 7.05 Å². The first kappa shape index (κ1) is 18.4. The van der Waals surface area contributed by atoms with Gasteiger partial charge < -0.3 is 10.1 Å². The molecule has 0 radical (unpaired) electrons. The summed E-state index contributed by atoms with van der Waals surface area (Å²) >= 11 is 0. The molecule has 0 spiro atoms. The van der Waals surface area contributed by atoms with Gasteiger partial charge in [-0.05, 0) is 17.7 Å². The molecule has 3 aromatic rings. The van der Waals surface area contributed by atoms with Gasteiger partial charge in [0.15, 0.2) is 17.4 Å². The molecule has 1 amide bonds. The van der Waals surface area contributed by atoms with Crippen LogP contribution in [-0.4, -0.2) is 27.8 Å². The Morgan fingerprint density at radius 3 is 2.59 bits per heavy atom. The van der Waals surface area contributed by atoms with E-state index < -0.39 is 34.7 Å². The number of hydrogen-bond donors (Lipinski definition) is 1. The minimum Gasteiger partial charge on any atom is -0.491 e. The fourth-order valence-corrected chi connectivity index (χ4v) is 2.51. The highest BCUT2D eigenvalue weighted by Crippen LogP contribution is 2.27. The number of hydrogen-bond acceptors (Lipinski definition) is 4. The van der Waals surface area contributed by atoms with Gasteiger partial charge in [-0.2, -0.15) is 9.49 Å². The molecular weight excluding hydrogens is 361 g/mol. The van der Waals surface area contributed by atoms with E-state index in [9.17, 15) is 18.0 Å². The van der Waals surface area contributed by atoms with Crippen LogP contribution >= 0.6 is 0 Å². The summed E-state index contributed by atoms with van der Waals surface area (Å²) in [6.07, 6.45) is 6.65. The second-order valence-electron chi connectivity index (χ2n) is 5.73. The Morgan fingerprint density at radius 1 is 1.15 bits per heavy atom. The normalized spacial score (nSPS) is 10.7. The summed E-state index contributed by atoms with van der Waals surface area (Å²) in [5.74, 6) is -5.98. The first-order valence-electron chi connectivity index (χ1n) is 7.83. The molecule has 27 heavy (non-hydrogen) atoms. The van der Waals surface area contributed by atoms with Crippen molar-refractivity contribution in [2.75, 3.05) is 7.11 Å². The molecule has 0 bridgehead atoms. The van der Waals surface area contributed by atoms with Crippen molar-refractivity contribution in [1.82, 2.24) is 20.1 Å². The molecule has 2 heterocycles. The number of carbonyl (C=O) groups is 1. The van der Waals surface area contributed by atoms with Gasteiger partial charge in [0.05, 0.1) is 18.9 Å². The number of nitrogens with one attached hydrogen (secondary N) is 1. The molecule has 0 saturated heterocycles. The summed E-state index contributed by atoms with van der Waals surface area (Å²) in [6.45, 7) is 0.0146. The molecule has 9 heteroatoms. The topological polar surface area (TPSA) is 69.0 Å². The van der Waals surface area contributed by atoms with Gasteiger partial charge >= 0.3 is 0 Å². The number of benzene rings is 1. The lowest BCUT2D eigenvalue weighted by Gasteiger charge is -2.10. The van der Waals surface area contributed by atoms with Crippen LogP contribution in [0.4, 0.5) is 13.2 Å². The highest BCUT2D eigenvalue weighted by molar-refractivity contribution is 5.95. The second-order valence-corrected chi connectivity index (χ2v) is 5.73. The molecule has 0 fully saturated rings. The van der Waals surface area contributed by atoms with Gasteiger partial charge in [-0.15, -0.1) is 0 Å². The largest absolute Gasteiger partial charge is 0.491 e. The van der Waals surface area contributed by atoms with E-state index in [1.807, 2.05) is 6.20 Å². The van der Waals surface area contributed by atoms with E-state index >= 15 is 0 Å². The first-order chi connectivity index (χ1) is 12.9. The number of methoxy groups -OCH3 is 1. The van der Waals surface area contributed by atoms with Gasteiger partial charge in [0.25, 0.3) is 5.91 Å². The fourth-order valence-electron chi connectivity index (χ4n) is 2.51. The molecule has 0 aliphatic heterocycles. The third kappa shape index (κ3) is 3.76. The van der Waals surface area contributed by atoms with Crippen molar-refractivity contribution >= 4 is 5.91 Å². The zero-order valence-electron chi connectivity index (χ0n) is 14.5. The van der Waals surface area contributed by atoms with E-state index in [1.54, 1.807) is 30.2 Å². The number of rotatable bonds is 5. The summed E-state index contributed by atoms with van der Waals surface area (Å²) in [5.41, 5.74) is 1.62. The number of amides is 1. The molecule has 2 aromatic heterocycles. The van der Waals surface area contributed by atoms with Crippen molar-refractivity contribution in [3.8, 4) is 16.9 Å². The zero-order chi connectivity index (χ0) is 19.6. The van der Waals surface area contributed by atoms with Gasteiger partial charge in [-0.25, -0.2) is 8.78 Å². The van der Waals surface area contributed by atoms with Gasteiger partial charge in [-0.1, -0.05) is 0 Å². The third-order valence-electron chi connectivity index (χ3n) is 3.85. The smallest absolute Gasteiger partial charge is 0.254 e. The van der Waals surface area contributed by atoms with Crippen molar-refractivity contribution in [1.29, 1.82) is 0 Å². The van der Waals surface area contributed by atoms with Crippen LogP contribution in [-0.2, 0) is 13.6 Å². The highest BCUT2D eigenvalue weighted by atomic mass is 19.2. The summed E-state index contributed by atoms with van der Waals surface area (Å²) in [6, 6.07) is 2.28. The average molecular weight is 376 g/mol. The molecule has 0 aliphatic rings. The molecule has 0 saturated carbocycles. The lowest BCUT2D eigenvalue weighted by Crippen LogP contribution is -2.24. The van der Waals surface area contributed by atoms with E-state index in [0.29, 0.717) is 11.6 Å². The maximum Gasteiger partial charge on any atom is 0.254 e. The lowest BCUT2D eigenvalue weighted by molar-refractivity contribution is 0.0945. The molecule has 3 rings (SSSR count). The van der Waals surface area contributed by atoms with Gasteiger partial charge in [-0.3, -0.25) is 14.5 Å². The molecule has 1 aromatic carbocycles. The SMILES string of the molecule is COc1c(F)c(F)cc(C(=O)NCc2cncc(-c3cnn(C)c3)c2)c1F. The molecule has 6 nitrogen and oxygen atoms in total. The number of aromatic nitrogens is 3. The van der Waals surface area contributed by atoms with Gasteiger partial charge in [0.1, 0.15) is 0 Å². The standard InChI is InChI=1S/C18H15F3N4O2/c1-25-9-12(8-24-25)11-3-10(5-22-7-11)6-23-18(26)13-4-14(19)16(21)17(27-2)15(13)20/h3-5,7-9H,6H2,1-2H3,(H,23,26). The number of nitrogens with zero attached hydrogens (tertiary/aromatic N) is 3. The number of pyridine rings is 1. The van der Waals surface area contributed by atoms with Gasteiger partial charge in [0.2, 0.25) is 5.82 Å². The van der Waals surface area contributed by atoms with Crippen LogP contribution in [0, 0.1) is 17.5 Å². The van der Waals surface area contributed by atoms with Crippen molar-refractivity contribution in [2.45, 2.75) is 6.54 Å². The van der Waals surface area contributed by atoms with Crippen LogP contribution in [0.1, 0.15) is 15.9 Å². The average Bonchev–Trinajstić information content (AvgIpc) is 3.10. The Morgan fingerprint density at radius 2 is 1.93 bits per heavy atom.